The van der Waals surface area contributed by atoms with Crippen LogP contribution < -0.4 is 40.4 Å². The van der Waals surface area contributed by atoms with Crippen LogP contribution in [0, 0.1) is 13.8 Å². The molecular formula is C30H19Br2N2NaO5S. The predicted octanol–water partition coefficient (Wildman–Crippen LogP) is 4.00. The number of carbonyl (C=O) groups excluding carboxylic acids is 1. The van der Waals surface area contributed by atoms with Gasteiger partial charge in [0.2, 0.25) is 0 Å². The Bertz CT molecular complexity index is 2110. The molecule has 11 heteroatoms. The van der Waals surface area contributed by atoms with Gasteiger partial charge in [-0.15, -0.1) is 0 Å². The van der Waals surface area contributed by atoms with E-state index in [4.69, 9.17) is 0 Å². The van der Waals surface area contributed by atoms with Gasteiger partial charge in [-0.05, 0) is 88.4 Å². The number of carbonyl (C=O) groups is 1. The average molecular weight is 702 g/mol. The SMILES string of the molecule is Cc1cc(Br)c(-n2c(=O)cc3c4c(c(Nc5ccc(C)c(S(=O)(=O)[O-])c5)ccc42)C(=O)c2ccccc2-3)cc1Br.[Na+]. The van der Waals surface area contributed by atoms with Crippen molar-refractivity contribution in [1.82, 2.24) is 4.57 Å². The zero-order valence-electron chi connectivity index (χ0n) is 22.1. The normalized spacial score (nSPS) is 12.2. The number of nitrogens with zero attached hydrogens (tertiary/aromatic N) is 1. The summed E-state index contributed by atoms with van der Waals surface area (Å²) < 4.78 is 38.5. The van der Waals surface area contributed by atoms with Crippen LogP contribution >= 0.6 is 31.9 Å². The van der Waals surface area contributed by atoms with Gasteiger partial charge < -0.3 is 9.87 Å². The number of hydrogen-bond donors (Lipinski definition) is 1. The Hall–Kier alpha value is -2.57. The van der Waals surface area contributed by atoms with E-state index in [0.29, 0.717) is 60.3 Å². The first-order chi connectivity index (χ1) is 19.0. The van der Waals surface area contributed by atoms with Crippen LogP contribution in [0.1, 0.15) is 27.0 Å². The monoisotopic (exact) mass is 700 g/mol. The molecule has 0 aliphatic heterocycles. The Morgan fingerprint density at radius 1 is 0.805 bits per heavy atom. The molecule has 200 valence electrons. The molecule has 0 unspecified atom stereocenters. The van der Waals surface area contributed by atoms with Gasteiger partial charge in [0.1, 0.15) is 10.1 Å². The predicted molar refractivity (Wildman–Crippen MR) is 161 cm³/mol. The van der Waals surface area contributed by atoms with Gasteiger partial charge in [0.15, 0.2) is 5.78 Å². The minimum Gasteiger partial charge on any atom is -0.744 e. The van der Waals surface area contributed by atoms with Gasteiger partial charge in [-0.2, -0.15) is 0 Å². The molecule has 1 aliphatic rings. The Morgan fingerprint density at radius 2 is 1.51 bits per heavy atom. The van der Waals surface area contributed by atoms with E-state index in [1.807, 2.05) is 31.2 Å². The van der Waals surface area contributed by atoms with E-state index in [1.165, 1.54) is 18.2 Å². The number of benzene rings is 4. The van der Waals surface area contributed by atoms with E-state index in [2.05, 4.69) is 37.2 Å². The van der Waals surface area contributed by atoms with Crippen molar-refractivity contribution in [2.24, 2.45) is 0 Å². The zero-order valence-corrected chi connectivity index (χ0v) is 28.1. The number of fused-ring (bicyclic) bond motifs is 2. The van der Waals surface area contributed by atoms with Crippen LogP contribution in [0.15, 0.2) is 91.4 Å². The van der Waals surface area contributed by atoms with Gasteiger partial charge in [0, 0.05) is 31.6 Å². The van der Waals surface area contributed by atoms with Crippen LogP contribution in [0.25, 0.3) is 27.7 Å². The number of halogens is 2. The Kier molecular flexibility index (Phi) is 7.97. The van der Waals surface area contributed by atoms with Crippen molar-refractivity contribution in [3.05, 3.63) is 114 Å². The van der Waals surface area contributed by atoms with Crippen LogP contribution in [0.2, 0.25) is 0 Å². The topological polar surface area (TPSA) is 108 Å². The summed E-state index contributed by atoms with van der Waals surface area (Å²) >= 11 is 7.16. The summed E-state index contributed by atoms with van der Waals surface area (Å²) in [5, 5.41) is 3.74. The van der Waals surface area contributed by atoms with E-state index in [1.54, 1.807) is 41.8 Å². The van der Waals surface area contributed by atoms with Crippen LogP contribution in [-0.2, 0) is 10.1 Å². The zero-order chi connectivity index (χ0) is 28.5. The molecule has 41 heavy (non-hydrogen) atoms. The minimum absolute atomic E-state index is 0. The second-order valence-electron chi connectivity index (χ2n) is 9.60. The van der Waals surface area contributed by atoms with Crippen LogP contribution in [0.3, 0.4) is 0 Å². The number of ketones is 1. The molecule has 6 rings (SSSR count). The standard InChI is InChI=1S/C30H20Br2N2O5S.Na/c1-15-7-8-17(12-26(15)40(37,38)39)33-23-9-10-24-28-20(18-5-3-4-6-19(18)30(36)29(23)28)13-27(35)34(24)25-14-21(31)16(2)11-22(25)32;/h3-14,33H,1-2H3,(H,37,38,39);/q;+1/p-1. The summed E-state index contributed by atoms with van der Waals surface area (Å²) in [6.07, 6.45) is 0. The fourth-order valence-corrected chi connectivity index (χ4v) is 6.89. The minimum atomic E-state index is -4.70. The van der Waals surface area contributed by atoms with Crippen molar-refractivity contribution in [2.75, 3.05) is 5.32 Å². The quantitative estimate of drug-likeness (QED) is 0.220. The van der Waals surface area contributed by atoms with E-state index in [9.17, 15) is 22.6 Å². The maximum absolute atomic E-state index is 14.0. The number of pyridine rings is 1. The third kappa shape index (κ3) is 5.05. The van der Waals surface area contributed by atoms with Crippen molar-refractivity contribution in [1.29, 1.82) is 0 Å². The molecule has 0 amide bonds. The van der Waals surface area contributed by atoms with Gasteiger partial charge in [0.05, 0.1) is 27.4 Å². The fraction of sp³-hybridized carbons (Fsp3) is 0.0667. The Balaban J connectivity index is 0.00000337. The largest absolute Gasteiger partial charge is 1.00 e. The number of aromatic nitrogens is 1. The maximum atomic E-state index is 14.0. The third-order valence-electron chi connectivity index (χ3n) is 7.08. The van der Waals surface area contributed by atoms with Crippen LogP contribution in [0.5, 0.6) is 0 Å². The third-order valence-corrected chi connectivity index (χ3v) is 9.54. The van der Waals surface area contributed by atoms with Crippen molar-refractivity contribution in [3.63, 3.8) is 0 Å². The fourth-order valence-electron chi connectivity index (χ4n) is 5.19. The molecule has 0 saturated carbocycles. The first-order valence-electron chi connectivity index (χ1n) is 12.1. The summed E-state index contributed by atoms with van der Waals surface area (Å²) in [5.41, 5.74) is 5.02. The Morgan fingerprint density at radius 3 is 2.22 bits per heavy atom. The molecule has 0 atom stereocenters. The molecule has 1 N–H and O–H groups in total. The molecule has 1 aromatic heterocycles. The summed E-state index contributed by atoms with van der Waals surface area (Å²) in [7, 11) is -4.70. The van der Waals surface area contributed by atoms with E-state index in [-0.39, 0.29) is 45.8 Å². The van der Waals surface area contributed by atoms with Crippen molar-refractivity contribution < 1.29 is 47.3 Å². The smallest absolute Gasteiger partial charge is 0.744 e. The molecule has 0 fully saturated rings. The van der Waals surface area contributed by atoms with E-state index < -0.39 is 10.1 Å². The molecule has 4 aromatic carbocycles. The second-order valence-corrected chi connectivity index (χ2v) is 12.7. The average Bonchev–Trinajstić information content (AvgIpc) is 2.90. The number of rotatable bonds is 4. The first kappa shape index (κ1) is 29.9. The summed E-state index contributed by atoms with van der Waals surface area (Å²) in [4.78, 5) is 27.3. The molecule has 1 aliphatic carbocycles. The summed E-state index contributed by atoms with van der Waals surface area (Å²) in [5.74, 6) is -0.241. The molecule has 7 nitrogen and oxygen atoms in total. The van der Waals surface area contributed by atoms with Gasteiger partial charge >= 0.3 is 29.6 Å². The summed E-state index contributed by atoms with van der Waals surface area (Å²) in [6, 6.07) is 20.3. The molecule has 0 saturated heterocycles. The number of aryl methyl sites for hydroxylation is 2. The number of nitrogens with one attached hydrogen (secondary N) is 1. The molecule has 0 spiro atoms. The Labute approximate surface area is 274 Å². The molecule has 1 heterocycles. The molecule has 5 aromatic rings. The first-order valence-corrected chi connectivity index (χ1v) is 15.1. The maximum Gasteiger partial charge on any atom is 1.00 e. The van der Waals surface area contributed by atoms with Gasteiger partial charge in [-0.1, -0.05) is 46.3 Å². The van der Waals surface area contributed by atoms with Crippen molar-refractivity contribution >= 4 is 70.0 Å². The molecular weight excluding hydrogens is 683 g/mol. The van der Waals surface area contributed by atoms with Gasteiger partial charge in [-0.3, -0.25) is 14.2 Å². The van der Waals surface area contributed by atoms with Gasteiger partial charge in [0.25, 0.3) is 5.56 Å². The van der Waals surface area contributed by atoms with E-state index >= 15 is 0 Å². The summed E-state index contributed by atoms with van der Waals surface area (Å²) in [6.45, 7) is 3.49. The van der Waals surface area contributed by atoms with Crippen LogP contribution in [0.4, 0.5) is 11.4 Å². The molecule has 0 bridgehead atoms. The van der Waals surface area contributed by atoms with E-state index in [0.717, 1.165) is 10.0 Å². The second kappa shape index (κ2) is 10.9. The van der Waals surface area contributed by atoms with Crippen LogP contribution in [-0.4, -0.2) is 23.3 Å². The van der Waals surface area contributed by atoms with Crippen molar-refractivity contribution in [3.8, 4) is 16.8 Å². The molecule has 0 radical (unpaired) electrons. The van der Waals surface area contributed by atoms with Crippen molar-refractivity contribution in [2.45, 2.75) is 18.7 Å². The number of anilines is 2. The van der Waals surface area contributed by atoms with Gasteiger partial charge in [-0.25, -0.2) is 8.42 Å². The number of hydrogen-bond acceptors (Lipinski definition) is 6.